The maximum Gasteiger partial charge on any atom is 0.342 e. The summed E-state index contributed by atoms with van der Waals surface area (Å²) in [5.41, 5.74) is 1.65. The lowest BCUT2D eigenvalue weighted by Gasteiger charge is -2.12. The van der Waals surface area contributed by atoms with Gasteiger partial charge in [0.25, 0.3) is 5.91 Å². The number of anilines is 1. The number of rotatable bonds is 6. The number of ether oxygens (including phenoxy) is 1. The van der Waals surface area contributed by atoms with Crippen LogP contribution in [0.1, 0.15) is 35.8 Å². The van der Waals surface area contributed by atoms with Gasteiger partial charge in [-0.15, -0.1) is 0 Å². The van der Waals surface area contributed by atoms with Crippen LogP contribution in [-0.4, -0.2) is 33.2 Å². The van der Waals surface area contributed by atoms with Gasteiger partial charge in [0.05, 0.1) is 11.9 Å². The molecule has 0 radical (unpaired) electrons. The van der Waals surface area contributed by atoms with E-state index in [-0.39, 0.29) is 12.5 Å². The number of para-hydroxylation sites is 1. The predicted octanol–water partition coefficient (Wildman–Crippen LogP) is 3.19. The summed E-state index contributed by atoms with van der Waals surface area (Å²) in [5.74, 6) is -0.376. The molecule has 0 aliphatic rings. The van der Waals surface area contributed by atoms with Crippen molar-refractivity contribution in [1.29, 1.82) is 0 Å². The van der Waals surface area contributed by atoms with Crippen molar-refractivity contribution in [2.45, 2.75) is 19.8 Å². The van der Waals surface area contributed by atoms with Gasteiger partial charge in [-0.1, -0.05) is 38.1 Å². The molecule has 0 bridgehead atoms. The highest BCUT2D eigenvalue weighted by Gasteiger charge is 2.23. The van der Waals surface area contributed by atoms with E-state index in [1.54, 1.807) is 29.1 Å². The number of hydrogen-bond acceptors (Lipinski definition) is 5. The number of nitrogens with one attached hydrogen (secondary N) is 1. The van der Waals surface area contributed by atoms with Crippen LogP contribution in [0.2, 0.25) is 0 Å². The number of aromatic nitrogens is 3. The van der Waals surface area contributed by atoms with Gasteiger partial charge in [-0.2, -0.15) is 5.10 Å². The number of carbonyl (C=O) groups is 2. The summed E-state index contributed by atoms with van der Waals surface area (Å²) < 4.78 is 6.79. The molecule has 1 amide bonds. The third kappa shape index (κ3) is 4.38. The van der Waals surface area contributed by atoms with Gasteiger partial charge < -0.3 is 10.1 Å². The van der Waals surface area contributed by atoms with Crippen LogP contribution in [0, 0.1) is 0 Å². The Labute approximate surface area is 157 Å². The van der Waals surface area contributed by atoms with Crippen LogP contribution in [0.3, 0.4) is 0 Å². The molecule has 0 fully saturated rings. The zero-order valence-electron chi connectivity index (χ0n) is 15.1. The van der Waals surface area contributed by atoms with Crippen LogP contribution in [0.4, 0.5) is 5.69 Å². The van der Waals surface area contributed by atoms with Gasteiger partial charge in [-0.05, 0) is 30.2 Å². The smallest absolute Gasteiger partial charge is 0.342 e. The molecule has 3 rings (SSSR count). The highest BCUT2D eigenvalue weighted by atomic mass is 16.5. The standard InChI is InChI=1S/C20H20N4O3/c1-14(2)19-16(12-22-24(19)17-10-6-7-11-21-17)20(26)27-13-18(25)23-15-8-4-3-5-9-15/h3-12,14H,13H2,1-2H3,(H,23,25). The first-order valence-corrected chi connectivity index (χ1v) is 8.57. The lowest BCUT2D eigenvalue weighted by atomic mass is 10.1. The van der Waals surface area contributed by atoms with E-state index in [0.29, 0.717) is 22.8 Å². The topological polar surface area (TPSA) is 86.1 Å². The SMILES string of the molecule is CC(C)c1c(C(=O)OCC(=O)Nc2ccccc2)cnn1-c1ccccn1. The molecule has 0 aliphatic carbocycles. The van der Waals surface area contributed by atoms with Gasteiger partial charge in [0, 0.05) is 11.9 Å². The van der Waals surface area contributed by atoms with Crippen molar-refractivity contribution in [3.05, 3.63) is 72.2 Å². The average Bonchev–Trinajstić information content (AvgIpc) is 3.13. The zero-order chi connectivity index (χ0) is 19.2. The third-order valence-corrected chi connectivity index (χ3v) is 3.83. The fourth-order valence-electron chi connectivity index (χ4n) is 2.66. The van der Waals surface area contributed by atoms with Crippen LogP contribution in [0.15, 0.2) is 60.9 Å². The highest BCUT2D eigenvalue weighted by Crippen LogP contribution is 2.22. The van der Waals surface area contributed by atoms with E-state index in [1.165, 1.54) is 6.20 Å². The lowest BCUT2D eigenvalue weighted by Crippen LogP contribution is -2.21. The molecule has 0 unspecified atom stereocenters. The summed E-state index contributed by atoms with van der Waals surface area (Å²) in [6.07, 6.45) is 3.11. The molecule has 0 aliphatic heterocycles. The van der Waals surface area contributed by atoms with Gasteiger partial charge in [0.15, 0.2) is 12.4 Å². The van der Waals surface area contributed by atoms with E-state index in [4.69, 9.17) is 4.74 Å². The molecular formula is C20H20N4O3. The lowest BCUT2D eigenvalue weighted by molar-refractivity contribution is -0.119. The van der Waals surface area contributed by atoms with Crippen molar-refractivity contribution < 1.29 is 14.3 Å². The molecule has 7 heteroatoms. The Balaban J connectivity index is 1.71. The summed E-state index contributed by atoms with van der Waals surface area (Å²) in [7, 11) is 0. The molecule has 7 nitrogen and oxygen atoms in total. The minimum atomic E-state index is -0.593. The Morgan fingerprint density at radius 3 is 2.52 bits per heavy atom. The van der Waals surface area contributed by atoms with Crippen LogP contribution < -0.4 is 5.32 Å². The van der Waals surface area contributed by atoms with Crippen LogP contribution in [0.5, 0.6) is 0 Å². The van der Waals surface area contributed by atoms with E-state index >= 15 is 0 Å². The molecule has 2 aromatic heterocycles. The number of nitrogens with zero attached hydrogens (tertiary/aromatic N) is 3. The fraction of sp³-hybridized carbons (Fsp3) is 0.200. The summed E-state index contributed by atoms with van der Waals surface area (Å²) in [6, 6.07) is 14.4. The van der Waals surface area contributed by atoms with Crippen LogP contribution >= 0.6 is 0 Å². The van der Waals surface area contributed by atoms with E-state index in [1.807, 2.05) is 44.2 Å². The summed E-state index contributed by atoms with van der Waals surface area (Å²) in [4.78, 5) is 28.7. The molecule has 0 spiro atoms. The quantitative estimate of drug-likeness (QED) is 0.679. The largest absolute Gasteiger partial charge is 0.452 e. The normalized spacial score (nSPS) is 10.6. The Hall–Kier alpha value is -3.48. The second kappa shape index (κ2) is 8.27. The number of esters is 1. The fourth-order valence-corrected chi connectivity index (χ4v) is 2.66. The summed E-state index contributed by atoms with van der Waals surface area (Å²) in [6.45, 7) is 3.53. The molecule has 1 aromatic carbocycles. The van der Waals surface area contributed by atoms with Crippen molar-refractivity contribution >= 4 is 17.6 Å². The maximum absolute atomic E-state index is 12.5. The van der Waals surface area contributed by atoms with E-state index in [0.717, 1.165) is 0 Å². The van der Waals surface area contributed by atoms with Gasteiger partial charge in [-0.25, -0.2) is 14.5 Å². The Morgan fingerprint density at radius 2 is 1.85 bits per heavy atom. The second-order valence-electron chi connectivity index (χ2n) is 6.19. The predicted molar refractivity (Wildman–Crippen MR) is 101 cm³/mol. The maximum atomic E-state index is 12.5. The first kappa shape index (κ1) is 18.3. The van der Waals surface area contributed by atoms with Gasteiger partial charge >= 0.3 is 5.97 Å². The monoisotopic (exact) mass is 364 g/mol. The van der Waals surface area contributed by atoms with E-state index in [9.17, 15) is 9.59 Å². The van der Waals surface area contributed by atoms with Gasteiger partial charge in [0.2, 0.25) is 0 Å². The first-order valence-electron chi connectivity index (χ1n) is 8.57. The number of carbonyl (C=O) groups excluding carboxylic acids is 2. The number of hydrogen-bond donors (Lipinski definition) is 1. The molecule has 0 atom stereocenters. The van der Waals surface area contributed by atoms with Crippen molar-refractivity contribution in [3.8, 4) is 5.82 Å². The molecule has 27 heavy (non-hydrogen) atoms. The molecule has 2 heterocycles. The van der Waals surface area contributed by atoms with Crippen molar-refractivity contribution in [2.75, 3.05) is 11.9 Å². The van der Waals surface area contributed by atoms with Gasteiger partial charge in [0.1, 0.15) is 5.56 Å². The van der Waals surface area contributed by atoms with Crippen molar-refractivity contribution in [1.82, 2.24) is 14.8 Å². The average molecular weight is 364 g/mol. The van der Waals surface area contributed by atoms with Crippen LogP contribution in [-0.2, 0) is 9.53 Å². The van der Waals surface area contributed by atoms with E-state index in [2.05, 4.69) is 15.4 Å². The van der Waals surface area contributed by atoms with Gasteiger partial charge in [-0.3, -0.25) is 4.79 Å². The minimum Gasteiger partial charge on any atom is -0.452 e. The molecule has 138 valence electrons. The molecule has 3 aromatic rings. The van der Waals surface area contributed by atoms with Crippen molar-refractivity contribution in [2.24, 2.45) is 0 Å². The van der Waals surface area contributed by atoms with E-state index < -0.39 is 11.9 Å². The minimum absolute atomic E-state index is 0.00945. The zero-order valence-corrected chi connectivity index (χ0v) is 15.1. The first-order chi connectivity index (χ1) is 13.1. The number of amides is 1. The third-order valence-electron chi connectivity index (χ3n) is 3.83. The Bertz CT molecular complexity index is 921. The molecule has 1 N–H and O–H groups in total. The molecule has 0 saturated heterocycles. The van der Waals surface area contributed by atoms with Crippen LogP contribution in [0.25, 0.3) is 5.82 Å². The Kier molecular flexibility index (Phi) is 5.61. The molecular weight excluding hydrogens is 344 g/mol. The number of pyridine rings is 1. The molecule has 0 saturated carbocycles. The Morgan fingerprint density at radius 1 is 1.11 bits per heavy atom. The van der Waals surface area contributed by atoms with Crippen molar-refractivity contribution in [3.63, 3.8) is 0 Å². The highest BCUT2D eigenvalue weighted by molar-refractivity contribution is 5.96. The summed E-state index contributed by atoms with van der Waals surface area (Å²) in [5, 5.41) is 6.95. The summed E-state index contributed by atoms with van der Waals surface area (Å²) >= 11 is 0. The number of benzene rings is 1. The second-order valence-corrected chi connectivity index (χ2v) is 6.19.